The fourth-order valence-corrected chi connectivity index (χ4v) is 2.76. The van der Waals surface area contributed by atoms with Gasteiger partial charge in [0.05, 0.1) is 0 Å². The fourth-order valence-electron chi connectivity index (χ4n) is 2.76. The number of fused-ring (bicyclic) bond motifs is 1. The average molecular weight is 231 g/mol. The molecule has 92 valence electrons. The van der Waals surface area contributed by atoms with Gasteiger partial charge < -0.3 is 5.32 Å². The third-order valence-corrected chi connectivity index (χ3v) is 4.14. The molecule has 0 spiro atoms. The minimum atomic E-state index is 0.782. The normalized spacial score (nSPS) is 20.8. The molecule has 3 rings (SSSR count). The highest BCUT2D eigenvalue weighted by Gasteiger charge is 2.27. The highest BCUT2D eigenvalue weighted by atomic mass is 15.0. The van der Waals surface area contributed by atoms with Crippen LogP contribution in [0, 0.1) is 11.8 Å². The van der Waals surface area contributed by atoms with Crippen LogP contribution in [0.15, 0.2) is 6.33 Å². The summed E-state index contributed by atoms with van der Waals surface area (Å²) >= 11 is 0. The lowest BCUT2D eigenvalue weighted by Gasteiger charge is -2.19. The Kier molecular flexibility index (Phi) is 3.00. The lowest BCUT2D eigenvalue weighted by atomic mass is 9.96. The van der Waals surface area contributed by atoms with E-state index in [4.69, 9.17) is 0 Å². The molecular weight excluding hydrogens is 210 g/mol. The Balaban J connectivity index is 1.69. The van der Waals surface area contributed by atoms with Crippen LogP contribution in [0.2, 0.25) is 0 Å². The predicted molar refractivity (Wildman–Crippen MR) is 69.1 cm³/mol. The number of hydrogen-bond donors (Lipinski definition) is 1. The molecule has 0 bridgehead atoms. The molecule has 17 heavy (non-hydrogen) atoms. The average Bonchev–Trinajstić information content (AvgIpc) is 3.20. The molecule has 0 amide bonds. The zero-order chi connectivity index (χ0) is 11.7. The second kappa shape index (κ2) is 4.63. The third-order valence-electron chi connectivity index (χ3n) is 4.14. The molecule has 1 aromatic heterocycles. The first-order chi connectivity index (χ1) is 8.34. The van der Waals surface area contributed by atoms with Gasteiger partial charge >= 0.3 is 0 Å². The lowest BCUT2D eigenvalue weighted by Crippen LogP contribution is -2.17. The SMILES string of the molecule is CC(CNc1ncnc2c1CCCC2)C1CC1. The van der Waals surface area contributed by atoms with Gasteiger partial charge in [-0.1, -0.05) is 6.92 Å². The Morgan fingerprint density at radius 3 is 2.94 bits per heavy atom. The van der Waals surface area contributed by atoms with Gasteiger partial charge in [0.15, 0.2) is 0 Å². The number of nitrogens with one attached hydrogen (secondary N) is 1. The Morgan fingerprint density at radius 2 is 2.12 bits per heavy atom. The second-order valence-corrected chi connectivity index (χ2v) is 5.55. The monoisotopic (exact) mass is 231 g/mol. The van der Waals surface area contributed by atoms with Gasteiger partial charge in [-0.15, -0.1) is 0 Å². The minimum absolute atomic E-state index is 0.782. The van der Waals surface area contributed by atoms with E-state index in [2.05, 4.69) is 22.2 Å². The van der Waals surface area contributed by atoms with E-state index in [1.807, 2.05) is 0 Å². The molecule has 1 saturated carbocycles. The maximum atomic E-state index is 4.42. The first kappa shape index (κ1) is 11.0. The smallest absolute Gasteiger partial charge is 0.132 e. The van der Waals surface area contributed by atoms with E-state index in [9.17, 15) is 0 Å². The van der Waals surface area contributed by atoms with E-state index < -0.39 is 0 Å². The van der Waals surface area contributed by atoms with Crippen molar-refractivity contribution in [3.05, 3.63) is 17.6 Å². The zero-order valence-electron chi connectivity index (χ0n) is 10.6. The van der Waals surface area contributed by atoms with Gasteiger partial charge in [0.1, 0.15) is 12.1 Å². The minimum Gasteiger partial charge on any atom is -0.369 e. The van der Waals surface area contributed by atoms with Crippen LogP contribution in [0.25, 0.3) is 0 Å². The van der Waals surface area contributed by atoms with Gasteiger partial charge in [-0.2, -0.15) is 0 Å². The summed E-state index contributed by atoms with van der Waals surface area (Å²) < 4.78 is 0. The molecule has 3 heteroatoms. The summed E-state index contributed by atoms with van der Waals surface area (Å²) in [5.41, 5.74) is 2.65. The van der Waals surface area contributed by atoms with Crippen molar-refractivity contribution in [1.82, 2.24) is 9.97 Å². The van der Waals surface area contributed by atoms with Crippen LogP contribution >= 0.6 is 0 Å². The van der Waals surface area contributed by atoms with Crippen LogP contribution in [0.5, 0.6) is 0 Å². The van der Waals surface area contributed by atoms with Crippen LogP contribution in [-0.4, -0.2) is 16.5 Å². The van der Waals surface area contributed by atoms with E-state index >= 15 is 0 Å². The highest BCUT2D eigenvalue weighted by molar-refractivity contribution is 5.46. The molecule has 0 radical (unpaired) electrons. The van der Waals surface area contributed by atoms with E-state index in [-0.39, 0.29) is 0 Å². The number of rotatable bonds is 4. The van der Waals surface area contributed by atoms with Gasteiger partial charge in [0.2, 0.25) is 0 Å². The molecular formula is C14H21N3. The van der Waals surface area contributed by atoms with Crippen molar-refractivity contribution in [3.63, 3.8) is 0 Å². The molecule has 1 unspecified atom stereocenters. The van der Waals surface area contributed by atoms with Crippen molar-refractivity contribution >= 4 is 5.82 Å². The molecule has 2 aliphatic carbocycles. The fraction of sp³-hybridized carbons (Fsp3) is 0.714. The summed E-state index contributed by atoms with van der Waals surface area (Å²) in [5.74, 6) is 2.84. The van der Waals surface area contributed by atoms with Crippen molar-refractivity contribution < 1.29 is 0 Å². The summed E-state index contributed by atoms with van der Waals surface area (Å²) in [7, 11) is 0. The number of aromatic nitrogens is 2. The van der Waals surface area contributed by atoms with E-state index in [0.717, 1.165) is 37.0 Å². The van der Waals surface area contributed by atoms with E-state index in [1.54, 1.807) is 6.33 Å². The van der Waals surface area contributed by atoms with Crippen LogP contribution < -0.4 is 5.32 Å². The maximum Gasteiger partial charge on any atom is 0.132 e. The Morgan fingerprint density at radius 1 is 1.29 bits per heavy atom. The van der Waals surface area contributed by atoms with Crippen molar-refractivity contribution in [3.8, 4) is 0 Å². The largest absolute Gasteiger partial charge is 0.369 e. The molecule has 1 heterocycles. The molecule has 1 N–H and O–H groups in total. The van der Waals surface area contributed by atoms with Gasteiger partial charge in [-0.05, 0) is 50.4 Å². The third kappa shape index (κ3) is 2.43. The first-order valence-corrected chi connectivity index (χ1v) is 6.91. The van der Waals surface area contributed by atoms with Gasteiger partial charge in [0.25, 0.3) is 0 Å². The molecule has 1 aromatic rings. The van der Waals surface area contributed by atoms with E-state index in [0.29, 0.717) is 0 Å². The Labute approximate surface area is 103 Å². The Hall–Kier alpha value is -1.12. The van der Waals surface area contributed by atoms with Crippen molar-refractivity contribution in [2.45, 2.75) is 45.4 Å². The molecule has 2 aliphatic rings. The Bertz CT molecular complexity index is 398. The lowest BCUT2D eigenvalue weighted by molar-refractivity contribution is 0.535. The highest BCUT2D eigenvalue weighted by Crippen LogP contribution is 2.36. The molecule has 1 atom stereocenters. The molecule has 0 aliphatic heterocycles. The van der Waals surface area contributed by atoms with Gasteiger partial charge in [-0.25, -0.2) is 9.97 Å². The van der Waals surface area contributed by atoms with Crippen LogP contribution in [0.4, 0.5) is 5.82 Å². The summed E-state index contributed by atoms with van der Waals surface area (Å²) in [6.45, 7) is 3.41. The first-order valence-electron chi connectivity index (χ1n) is 6.91. The summed E-state index contributed by atoms with van der Waals surface area (Å²) in [4.78, 5) is 8.82. The topological polar surface area (TPSA) is 37.8 Å². The number of nitrogens with zero attached hydrogens (tertiary/aromatic N) is 2. The van der Waals surface area contributed by atoms with Crippen LogP contribution in [0.3, 0.4) is 0 Å². The number of anilines is 1. The molecule has 0 aromatic carbocycles. The zero-order valence-corrected chi connectivity index (χ0v) is 10.6. The number of aryl methyl sites for hydroxylation is 1. The quantitative estimate of drug-likeness (QED) is 0.866. The van der Waals surface area contributed by atoms with E-state index in [1.165, 1.54) is 36.9 Å². The summed E-state index contributed by atoms with van der Waals surface area (Å²) in [6, 6.07) is 0. The van der Waals surface area contributed by atoms with Crippen molar-refractivity contribution in [2.24, 2.45) is 11.8 Å². The summed E-state index contributed by atoms with van der Waals surface area (Å²) in [5, 5.41) is 3.54. The van der Waals surface area contributed by atoms with Crippen molar-refractivity contribution in [1.29, 1.82) is 0 Å². The van der Waals surface area contributed by atoms with Gasteiger partial charge in [-0.3, -0.25) is 0 Å². The predicted octanol–water partition coefficient (Wildman–Crippen LogP) is 2.81. The molecule has 1 fully saturated rings. The summed E-state index contributed by atoms with van der Waals surface area (Å²) in [6.07, 6.45) is 9.40. The molecule has 3 nitrogen and oxygen atoms in total. The van der Waals surface area contributed by atoms with Crippen LogP contribution in [-0.2, 0) is 12.8 Å². The second-order valence-electron chi connectivity index (χ2n) is 5.55. The van der Waals surface area contributed by atoms with Crippen molar-refractivity contribution in [2.75, 3.05) is 11.9 Å². The number of hydrogen-bond acceptors (Lipinski definition) is 3. The standard InChI is InChI=1S/C14H21N3/c1-10(11-6-7-11)8-15-14-12-4-2-3-5-13(12)16-9-17-14/h9-11H,2-8H2,1H3,(H,15,16,17). The van der Waals surface area contributed by atoms with Crippen LogP contribution in [0.1, 0.15) is 43.9 Å². The molecule has 0 saturated heterocycles. The van der Waals surface area contributed by atoms with Gasteiger partial charge in [0, 0.05) is 17.8 Å². The maximum absolute atomic E-state index is 4.42.